The summed E-state index contributed by atoms with van der Waals surface area (Å²) in [6.07, 6.45) is 0.701. The number of rotatable bonds is 8. The molecule has 0 N–H and O–H groups in total. The SMILES string of the molecule is CCC(OS(C)(=O)=O)c1c(C)c(OC)c(OC)c(OC)c1OC. The zero-order chi connectivity index (χ0) is 17.8. The van der Waals surface area contributed by atoms with Gasteiger partial charge in [-0.3, -0.25) is 4.18 Å². The van der Waals surface area contributed by atoms with E-state index in [-0.39, 0.29) is 0 Å². The van der Waals surface area contributed by atoms with Crippen molar-refractivity contribution in [3.05, 3.63) is 11.1 Å². The molecule has 1 unspecified atom stereocenters. The first kappa shape index (κ1) is 19.4. The average molecular weight is 348 g/mol. The molecule has 1 aromatic carbocycles. The van der Waals surface area contributed by atoms with Gasteiger partial charge in [-0.2, -0.15) is 8.42 Å². The standard InChI is InChI=1S/C15H24O7S/c1-8-10(22-23(7,16)17)11-9(2)12(18-3)14(20-5)15(21-6)13(11)19-4/h10H,8H2,1-7H3. The minimum Gasteiger partial charge on any atom is -0.492 e. The second kappa shape index (κ2) is 7.74. The third-order valence-electron chi connectivity index (χ3n) is 3.41. The molecule has 1 atom stereocenters. The number of benzene rings is 1. The average Bonchev–Trinajstić information content (AvgIpc) is 2.50. The van der Waals surface area contributed by atoms with Crippen molar-refractivity contribution in [2.75, 3.05) is 34.7 Å². The van der Waals surface area contributed by atoms with Crippen LogP contribution in [0.5, 0.6) is 23.0 Å². The van der Waals surface area contributed by atoms with Crippen molar-refractivity contribution in [3.8, 4) is 23.0 Å². The van der Waals surface area contributed by atoms with E-state index in [0.717, 1.165) is 6.26 Å². The summed E-state index contributed by atoms with van der Waals surface area (Å²) in [5.74, 6) is 1.50. The van der Waals surface area contributed by atoms with E-state index in [1.54, 1.807) is 6.92 Å². The monoisotopic (exact) mass is 348 g/mol. The first-order valence-corrected chi connectivity index (χ1v) is 8.81. The van der Waals surface area contributed by atoms with E-state index in [0.29, 0.717) is 40.5 Å². The lowest BCUT2D eigenvalue weighted by Crippen LogP contribution is -2.14. The molecule has 7 nitrogen and oxygen atoms in total. The molecule has 1 aromatic rings. The van der Waals surface area contributed by atoms with Gasteiger partial charge in [-0.05, 0) is 13.3 Å². The van der Waals surface area contributed by atoms with Crippen molar-refractivity contribution in [1.82, 2.24) is 0 Å². The molecule has 0 heterocycles. The highest BCUT2D eigenvalue weighted by Gasteiger charge is 2.31. The molecule has 8 heteroatoms. The van der Waals surface area contributed by atoms with Gasteiger partial charge in [0.25, 0.3) is 10.1 Å². The minimum atomic E-state index is -3.65. The molecule has 0 aliphatic heterocycles. The topological polar surface area (TPSA) is 80.3 Å². The van der Waals surface area contributed by atoms with Crippen LogP contribution in [0.2, 0.25) is 0 Å². The molecular formula is C15H24O7S. The fraction of sp³-hybridized carbons (Fsp3) is 0.600. The van der Waals surface area contributed by atoms with Gasteiger partial charge in [0.1, 0.15) is 6.10 Å². The van der Waals surface area contributed by atoms with Gasteiger partial charge in [0.05, 0.1) is 34.7 Å². The number of methoxy groups -OCH3 is 4. The Bertz CT molecular complexity index is 653. The quantitative estimate of drug-likeness (QED) is 0.668. The van der Waals surface area contributed by atoms with Crippen LogP contribution in [0.1, 0.15) is 30.6 Å². The summed E-state index contributed by atoms with van der Waals surface area (Å²) < 4.78 is 50.0. The van der Waals surface area contributed by atoms with E-state index in [1.165, 1.54) is 28.4 Å². The first-order valence-electron chi connectivity index (χ1n) is 7.00. The van der Waals surface area contributed by atoms with E-state index in [1.807, 2.05) is 6.92 Å². The van der Waals surface area contributed by atoms with Crippen LogP contribution in [0.15, 0.2) is 0 Å². The van der Waals surface area contributed by atoms with E-state index < -0.39 is 16.2 Å². The highest BCUT2D eigenvalue weighted by atomic mass is 32.2. The molecule has 0 fully saturated rings. The van der Waals surface area contributed by atoms with Crippen LogP contribution in [-0.2, 0) is 14.3 Å². The third-order valence-corrected chi connectivity index (χ3v) is 3.99. The molecule has 0 bridgehead atoms. The number of ether oxygens (including phenoxy) is 4. The fourth-order valence-electron chi connectivity index (χ4n) is 2.53. The lowest BCUT2D eigenvalue weighted by molar-refractivity contribution is 0.201. The molecule has 0 radical (unpaired) electrons. The van der Waals surface area contributed by atoms with Crippen molar-refractivity contribution in [3.63, 3.8) is 0 Å². The Hall–Kier alpha value is -1.67. The molecule has 0 aliphatic carbocycles. The van der Waals surface area contributed by atoms with E-state index in [4.69, 9.17) is 23.1 Å². The van der Waals surface area contributed by atoms with Gasteiger partial charge in [-0.25, -0.2) is 0 Å². The van der Waals surface area contributed by atoms with Gasteiger partial charge in [0.2, 0.25) is 11.5 Å². The molecular weight excluding hydrogens is 324 g/mol. The summed E-state index contributed by atoms with van der Waals surface area (Å²) in [5, 5.41) is 0. The van der Waals surface area contributed by atoms with Gasteiger partial charge >= 0.3 is 0 Å². The Labute approximate surface area is 137 Å². The summed E-state index contributed by atoms with van der Waals surface area (Å²) in [5.41, 5.74) is 1.22. The van der Waals surface area contributed by atoms with Crippen LogP contribution in [0, 0.1) is 6.92 Å². The van der Waals surface area contributed by atoms with Crippen molar-refractivity contribution in [2.24, 2.45) is 0 Å². The van der Waals surface area contributed by atoms with Gasteiger partial charge in [0.15, 0.2) is 11.5 Å². The minimum absolute atomic E-state index is 0.322. The molecule has 0 saturated heterocycles. The Morgan fingerprint density at radius 2 is 1.30 bits per heavy atom. The zero-order valence-corrected chi connectivity index (χ0v) is 15.4. The maximum Gasteiger partial charge on any atom is 0.264 e. The third kappa shape index (κ3) is 4.00. The highest BCUT2D eigenvalue weighted by molar-refractivity contribution is 7.86. The molecule has 1 rings (SSSR count). The van der Waals surface area contributed by atoms with E-state index >= 15 is 0 Å². The van der Waals surface area contributed by atoms with Gasteiger partial charge in [-0.1, -0.05) is 6.92 Å². The van der Waals surface area contributed by atoms with Gasteiger partial charge in [-0.15, -0.1) is 0 Å². The van der Waals surface area contributed by atoms with Crippen molar-refractivity contribution < 1.29 is 31.5 Å². The molecule has 0 saturated carbocycles. The first-order chi connectivity index (χ1) is 10.7. The maximum atomic E-state index is 11.6. The van der Waals surface area contributed by atoms with Crippen LogP contribution >= 0.6 is 0 Å². The maximum absolute atomic E-state index is 11.6. The molecule has 132 valence electrons. The summed E-state index contributed by atoms with van der Waals surface area (Å²) in [6.45, 7) is 3.60. The molecule has 0 aromatic heterocycles. The van der Waals surface area contributed by atoms with Crippen molar-refractivity contribution in [1.29, 1.82) is 0 Å². The van der Waals surface area contributed by atoms with Crippen LogP contribution in [0.3, 0.4) is 0 Å². The Kier molecular flexibility index (Phi) is 6.52. The second-order valence-corrected chi connectivity index (χ2v) is 6.47. The van der Waals surface area contributed by atoms with Crippen LogP contribution in [-0.4, -0.2) is 43.1 Å². The summed E-state index contributed by atoms with van der Waals surface area (Å²) in [6, 6.07) is 0. The van der Waals surface area contributed by atoms with Crippen LogP contribution in [0.25, 0.3) is 0 Å². The Morgan fingerprint density at radius 1 is 0.870 bits per heavy atom. The largest absolute Gasteiger partial charge is 0.492 e. The van der Waals surface area contributed by atoms with Gasteiger partial charge in [0, 0.05) is 11.1 Å². The van der Waals surface area contributed by atoms with E-state index in [9.17, 15) is 8.42 Å². The van der Waals surface area contributed by atoms with E-state index in [2.05, 4.69) is 0 Å². The van der Waals surface area contributed by atoms with Crippen LogP contribution < -0.4 is 18.9 Å². The van der Waals surface area contributed by atoms with Gasteiger partial charge < -0.3 is 18.9 Å². The Balaban J connectivity index is 3.75. The molecule has 0 spiro atoms. The lowest BCUT2D eigenvalue weighted by Gasteiger charge is -2.25. The van der Waals surface area contributed by atoms with Crippen molar-refractivity contribution in [2.45, 2.75) is 26.4 Å². The Morgan fingerprint density at radius 3 is 1.65 bits per heavy atom. The normalized spacial score (nSPS) is 12.7. The predicted molar refractivity (Wildman–Crippen MR) is 86.3 cm³/mol. The predicted octanol–water partition coefficient (Wildman–Crippen LogP) is 2.46. The molecule has 0 aliphatic rings. The van der Waals surface area contributed by atoms with Crippen LogP contribution in [0.4, 0.5) is 0 Å². The fourth-order valence-corrected chi connectivity index (χ4v) is 3.18. The lowest BCUT2D eigenvalue weighted by atomic mass is 9.98. The highest BCUT2D eigenvalue weighted by Crippen LogP contribution is 2.52. The van der Waals surface area contributed by atoms with Crippen molar-refractivity contribution >= 4 is 10.1 Å². The smallest absolute Gasteiger partial charge is 0.264 e. The zero-order valence-electron chi connectivity index (χ0n) is 14.6. The molecule has 23 heavy (non-hydrogen) atoms. The molecule has 0 amide bonds. The summed E-state index contributed by atoms with van der Waals surface area (Å²) >= 11 is 0. The second-order valence-electron chi connectivity index (χ2n) is 4.87. The summed E-state index contributed by atoms with van der Waals surface area (Å²) in [7, 11) is 2.28. The summed E-state index contributed by atoms with van der Waals surface area (Å²) in [4.78, 5) is 0. The number of hydrogen-bond acceptors (Lipinski definition) is 7. The number of hydrogen-bond donors (Lipinski definition) is 0.